The maximum atomic E-state index is 8.57. The van der Waals surface area contributed by atoms with Crippen molar-refractivity contribution in [3.63, 3.8) is 0 Å². The molecule has 0 saturated heterocycles. The van der Waals surface area contributed by atoms with Crippen molar-refractivity contribution < 1.29 is 8.85 Å². The van der Waals surface area contributed by atoms with Gasteiger partial charge in [0, 0.05) is 40.3 Å². The molecule has 6 heteroatoms. The molecule has 0 aromatic rings. The van der Waals surface area contributed by atoms with Crippen molar-refractivity contribution >= 4 is 8.56 Å². The third-order valence-electron chi connectivity index (χ3n) is 2.95. The van der Waals surface area contributed by atoms with E-state index < -0.39 is 8.56 Å². The molecule has 0 aromatic carbocycles. The molecule has 2 N–H and O–H groups in total. The molecule has 0 fully saturated rings. The van der Waals surface area contributed by atoms with Gasteiger partial charge in [-0.25, -0.2) is 0 Å². The minimum atomic E-state index is -1.94. The maximum Gasteiger partial charge on any atom is 0.334 e. The van der Waals surface area contributed by atoms with Crippen molar-refractivity contribution in [3.05, 3.63) is 0 Å². The monoisotopic (exact) mass is 259 g/mol. The molecule has 0 heterocycles. The Balaban J connectivity index is 3.92. The molecule has 0 rings (SSSR count). The van der Waals surface area contributed by atoms with Gasteiger partial charge in [-0.3, -0.25) is 0 Å². The molecule has 0 aliphatic heterocycles. The molecule has 0 aliphatic rings. The Labute approximate surface area is 106 Å². The Morgan fingerprint density at radius 3 is 2.35 bits per heavy atom. The molecule has 0 saturated carbocycles. The summed E-state index contributed by atoms with van der Waals surface area (Å²) in [5.74, 6) is 0. The predicted octanol–water partition coefficient (Wildman–Crippen LogP) is 0.916. The van der Waals surface area contributed by atoms with E-state index in [1.54, 1.807) is 14.2 Å². The van der Waals surface area contributed by atoms with Gasteiger partial charge >= 0.3 is 8.56 Å². The van der Waals surface area contributed by atoms with Crippen LogP contribution in [0, 0.1) is 11.3 Å². The second-order valence-corrected chi connectivity index (χ2v) is 7.77. The fourth-order valence-electron chi connectivity index (χ4n) is 1.64. The fourth-order valence-corrected chi connectivity index (χ4v) is 3.01. The van der Waals surface area contributed by atoms with Gasteiger partial charge < -0.3 is 19.5 Å². The first-order valence-corrected chi connectivity index (χ1v) is 8.54. The predicted molar refractivity (Wildman–Crippen MR) is 70.8 cm³/mol. The van der Waals surface area contributed by atoms with Gasteiger partial charge in [0.05, 0.1) is 6.07 Å². The van der Waals surface area contributed by atoms with Crippen LogP contribution < -0.4 is 5.73 Å². The average molecular weight is 259 g/mol. The van der Waals surface area contributed by atoms with Crippen LogP contribution in [0.25, 0.3) is 0 Å². The Hall–Kier alpha value is -0.453. The molecule has 0 unspecified atom stereocenters. The summed E-state index contributed by atoms with van der Waals surface area (Å²) in [6.07, 6.45) is 1.58. The average Bonchev–Trinajstić information content (AvgIpc) is 2.35. The first-order valence-electron chi connectivity index (χ1n) is 6.01. The molecule has 0 amide bonds. The summed E-state index contributed by atoms with van der Waals surface area (Å²) in [5.41, 5.74) is 5.55. The van der Waals surface area contributed by atoms with Crippen molar-refractivity contribution in [2.24, 2.45) is 5.73 Å². The van der Waals surface area contributed by atoms with E-state index in [1.807, 2.05) is 0 Å². The second kappa shape index (κ2) is 9.56. The van der Waals surface area contributed by atoms with E-state index in [9.17, 15) is 0 Å². The largest absolute Gasteiger partial charge is 0.398 e. The number of hydrogen-bond acceptors (Lipinski definition) is 5. The Morgan fingerprint density at radius 1 is 1.24 bits per heavy atom. The molecule has 0 aromatic heterocycles. The first-order chi connectivity index (χ1) is 8.11. The molecule has 0 atom stereocenters. The van der Waals surface area contributed by atoms with Gasteiger partial charge in [0.15, 0.2) is 0 Å². The van der Waals surface area contributed by atoms with Crippen molar-refractivity contribution in [1.82, 2.24) is 4.90 Å². The summed E-state index contributed by atoms with van der Waals surface area (Å²) in [6.45, 7) is 5.30. The normalized spacial score (nSPS) is 11.8. The van der Waals surface area contributed by atoms with E-state index in [1.165, 1.54) is 0 Å². The lowest BCUT2D eigenvalue weighted by molar-refractivity contribution is 0.240. The van der Waals surface area contributed by atoms with Crippen LogP contribution in [0.5, 0.6) is 0 Å². The highest BCUT2D eigenvalue weighted by Crippen LogP contribution is 2.14. The highest BCUT2D eigenvalue weighted by molar-refractivity contribution is 6.65. The smallest absolute Gasteiger partial charge is 0.334 e. The van der Waals surface area contributed by atoms with Crippen LogP contribution in [0.15, 0.2) is 0 Å². The summed E-state index contributed by atoms with van der Waals surface area (Å²) in [7, 11) is 1.48. The molecular weight excluding hydrogens is 234 g/mol. The van der Waals surface area contributed by atoms with Crippen LogP contribution in [0.4, 0.5) is 0 Å². The van der Waals surface area contributed by atoms with Gasteiger partial charge in [0.25, 0.3) is 0 Å². The van der Waals surface area contributed by atoms with Crippen LogP contribution in [-0.2, 0) is 8.85 Å². The number of nitriles is 1. The molecule has 0 aliphatic carbocycles. The van der Waals surface area contributed by atoms with Crippen LogP contribution >= 0.6 is 0 Å². The zero-order chi connectivity index (χ0) is 13.1. The molecule has 100 valence electrons. The van der Waals surface area contributed by atoms with Crippen molar-refractivity contribution in [2.45, 2.75) is 25.4 Å². The van der Waals surface area contributed by atoms with Gasteiger partial charge in [-0.1, -0.05) is 0 Å². The van der Waals surface area contributed by atoms with Gasteiger partial charge in [-0.2, -0.15) is 5.26 Å². The van der Waals surface area contributed by atoms with E-state index in [0.29, 0.717) is 13.0 Å². The summed E-state index contributed by atoms with van der Waals surface area (Å²) >= 11 is 0. The van der Waals surface area contributed by atoms with E-state index in [2.05, 4.69) is 17.5 Å². The van der Waals surface area contributed by atoms with Crippen molar-refractivity contribution in [3.8, 4) is 6.07 Å². The fraction of sp³-hybridized carbons (Fsp3) is 0.909. The summed E-state index contributed by atoms with van der Waals surface area (Å²) in [5, 5.41) is 8.57. The zero-order valence-electron chi connectivity index (χ0n) is 11.2. The maximum absolute atomic E-state index is 8.57. The van der Waals surface area contributed by atoms with Crippen LogP contribution in [0.3, 0.4) is 0 Å². The lowest BCUT2D eigenvalue weighted by Crippen LogP contribution is -2.38. The van der Waals surface area contributed by atoms with E-state index >= 15 is 0 Å². The number of hydrogen-bond donors (Lipinski definition) is 1. The molecule has 0 radical (unpaired) electrons. The SMILES string of the molecule is CO[Si](C)(CCCN(CCN)CCC#N)OC. The second-order valence-electron chi connectivity index (χ2n) is 4.18. The van der Waals surface area contributed by atoms with Crippen molar-refractivity contribution in [1.29, 1.82) is 5.26 Å². The van der Waals surface area contributed by atoms with Gasteiger partial charge in [-0.15, -0.1) is 0 Å². The van der Waals surface area contributed by atoms with Crippen LogP contribution in [-0.4, -0.2) is 53.9 Å². The highest BCUT2D eigenvalue weighted by atomic mass is 28.4. The molecular formula is C11H25N3O2Si. The Bertz CT molecular complexity index is 229. The minimum absolute atomic E-state index is 0.559. The van der Waals surface area contributed by atoms with Crippen LogP contribution in [0.1, 0.15) is 12.8 Å². The van der Waals surface area contributed by atoms with E-state index in [4.69, 9.17) is 19.8 Å². The number of nitrogens with two attached hydrogens (primary N) is 1. The van der Waals surface area contributed by atoms with E-state index in [-0.39, 0.29) is 0 Å². The van der Waals surface area contributed by atoms with Gasteiger partial charge in [0.2, 0.25) is 0 Å². The zero-order valence-corrected chi connectivity index (χ0v) is 12.2. The Morgan fingerprint density at radius 2 is 1.88 bits per heavy atom. The third kappa shape index (κ3) is 7.47. The van der Waals surface area contributed by atoms with Gasteiger partial charge in [-0.05, 0) is 25.6 Å². The van der Waals surface area contributed by atoms with Crippen LogP contribution in [0.2, 0.25) is 12.6 Å². The quantitative estimate of drug-likeness (QED) is 0.591. The van der Waals surface area contributed by atoms with E-state index in [0.717, 1.165) is 32.1 Å². The highest BCUT2D eigenvalue weighted by Gasteiger charge is 2.27. The molecule has 0 bridgehead atoms. The van der Waals surface area contributed by atoms with Crippen molar-refractivity contribution in [2.75, 3.05) is 40.4 Å². The summed E-state index contributed by atoms with van der Waals surface area (Å²) < 4.78 is 10.9. The minimum Gasteiger partial charge on any atom is -0.398 e. The molecule has 0 spiro atoms. The number of rotatable bonds is 10. The summed E-state index contributed by atoms with van der Waals surface area (Å²) in [4.78, 5) is 2.23. The topological polar surface area (TPSA) is 71.5 Å². The lowest BCUT2D eigenvalue weighted by atomic mass is 10.3. The Kier molecular flexibility index (Phi) is 9.31. The number of nitrogens with zero attached hydrogens (tertiary/aromatic N) is 2. The first kappa shape index (κ1) is 16.5. The standard InChI is InChI=1S/C11H25N3O2Si/c1-15-17(3,16-2)11-5-9-14(10-7-13)8-4-6-12/h4-5,7-11,13H2,1-3H3. The third-order valence-corrected chi connectivity index (χ3v) is 5.94. The lowest BCUT2D eigenvalue weighted by Gasteiger charge is -2.25. The molecule has 5 nitrogen and oxygen atoms in total. The van der Waals surface area contributed by atoms with Gasteiger partial charge in [0.1, 0.15) is 0 Å². The molecule has 17 heavy (non-hydrogen) atoms. The summed E-state index contributed by atoms with van der Waals surface area (Å²) in [6, 6.07) is 3.13.